The predicted octanol–water partition coefficient (Wildman–Crippen LogP) is 4.23. The fourth-order valence-electron chi connectivity index (χ4n) is 3.04. The van der Waals surface area contributed by atoms with Crippen LogP contribution in [0.1, 0.15) is 41.4 Å². The summed E-state index contributed by atoms with van der Waals surface area (Å²) in [5.41, 5.74) is 3.82. The summed E-state index contributed by atoms with van der Waals surface area (Å²) in [5, 5.41) is 9.76. The molecule has 0 saturated carbocycles. The van der Waals surface area contributed by atoms with Crippen molar-refractivity contribution in [2.45, 2.75) is 34.6 Å². The van der Waals surface area contributed by atoms with Gasteiger partial charge in [-0.2, -0.15) is 0 Å². The van der Waals surface area contributed by atoms with E-state index in [0.29, 0.717) is 17.3 Å². The van der Waals surface area contributed by atoms with Gasteiger partial charge in [0.05, 0.1) is 0 Å². The van der Waals surface area contributed by atoms with Gasteiger partial charge in [0.1, 0.15) is 11.5 Å². The molecule has 0 spiro atoms. The summed E-state index contributed by atoms with van der Waals surface area (Å²) < 4.78 is 5.03. The average Bonchev–Trinajstić information content (AvgIpc) is 3.09. The number of amides is 1. The summed E-state index contributed by atoms with van der Waals surface area (Å²) >= 11 is 0. The van der Waals surface area contributed by atoms with E-state index in [0.717, 1.165) is 30.0 Å². The number of nitrogens with zero attached hydrogens (tertiary/aromatic N) is 4. The molecule has 0 aliphatic carbocycles. The molecule has 0 aliphatic heterocycles. The van der Waals surface area contributed by atoms with Gasteiger partial charge in [-0.1, -0.05) is 5.16 Å². The molecule has 3 aromatic rings. The van der Waals surface area contributed by atoms with Crippen LogP contribution in [0.3, 0.4) is 0 Å². The number of benzene rings is 1. The summed E-state index contributed by atoms with van der Waals surface area (Å²) in [4.78, 5) is 23.7. The lowest BCUT2D eigenvalue weighted by molar-refractivity contribution is 0.102. The molecule has 0 fully saturated rings. The number of carbonyl (C=O) groups excluding carboxylic acids is 1. The number of nitrogens with one attached hydrogen (secondary N) is 2. The van der Waals surface area contributed by atoms with Crippen molar-refractivity contribution in [3.63, 3.8) is 0 Å². The van der Waals surface area contributed by atoms with Crippen molar-refractivity contribution in [2.75, 3.05) is 28.6 Å². The molecule has 0 aliphatic rings. The Bertz CT molecular complexity index is 1010. The topological polar surface area (TPSA) is 96.2 Å². The Balaban J connectivity index is 1.78. The lowest BCUT2D eigenvalue weighted by Crippen LogP contribution is -2.22. The fourth-order valence-corrected chi connectivity index (χ4v) is 3.04. The number of anilines is 4. The molecule has 0 bridgehead atoms. The minimum atomic E-state index is -0.298. The molecular weight excluding hydrogens is 368 g/mol. The molecule has 2 N–H and O–H groups in total. The molecule has 0 atom stereocenters. The van der Waals surface area contributed by atoms with E-state index < -0.39 is 0 Å². The number of rotatable bonds is 7. The number of aromatic nitrogens is 3. The van der Waals surface area contributed by atoms with Crippen LogP contribution < -0.4 is 15.5 Å². The molecule has 2 heterocycles. The van der Waals surface area contributed by atoms with Crippen LogP contribution in [0.4, 0.5) is 23.1 Å². The van der Waals surface area contributed by atoms with Gasteiger partial charge < -0.3 is 20.1 Å². The van der Waals surface area contributed by atoms with Crippen LogP contribution in [-0.2, 0) is 0 Å². The molecule has 2 aromatic heterocycles. The van der Waals surface area contributed by atoms with E-state index in [4.69, 9.17) is 4.52 Å². The summed E-state index contributed by atoms with van der Waals surface area (Å²) in [6.07, 6.45) is 0. The maximum absolute atomic E-state index is 12.8. The van der Waals surface area contributed by atoms with Crippen LogP contribution in [0, 0.1) is 20.8 Å². The van der Waals surface area contributed by atoms with Gasteiger partial charge in [-0.3, -0.25) is 4.79 Å². The van der Waals surface area contributed by atoms with E-state index in [9.17, 15) is 4.79 Å². The second-order valence-electron chi connectivity index (χ2n) is 6.79. The van der Waals surface area contributed by atoms with Gasteiger partial charge in [0.25, 0.3) is 5.91 Å². The van der Waals surface area contributed by atoms with Crippen LogP contribution in [0.15, 0.2) is 34.9 Å². The first-order valence-electron chi connectivity index (χ1n) is 9.62. The number of hydrogen-bond donors (Lipinski definition) is 2. The molecule has 0 saturated heterocycles. The third-order valence-corrected chi connectivity index (χ3v) is 4.54. The van der Waals surface area contributed by atoms with Gasteiger partial charge in [0, 0.05) is 36.2 Å². The first kappa shape index (κ1) is 20.3. The zero-order valence-corrected chi connectivity index (χ0v) is 17.4. The van der Waals surface area contributed by atoms with Gasteiger partial charge in [0.15, 0.2) is 5.82 Å². The van der Waals surface area contributed by atoms with E-state index in [-0.39, 0.29) is 17.5 Å². The van der Waals surface area contributed by atoms with E-state index >= 15 is 0 Å². The number of aryl methyl sites for hydroxylation is 3. The molecule has 8 heteroatoms. The molecule has 0 radical (unpaired) electrons. The number of hydrogen-bond acceptors (Lipinski definition) is 7. The maximum Gasteiger partial charge on any atom is 0.274 e. The minimum absolute atomic E-state index is 0.271. The molecule has 1 aromatic carbocycles. The van der Waals surface area contributed by atoms with E-state index in [2.05, 4.69) is 50.6 Å². The van der Waals surface area contributed by atoms with Crippen LogP contribution in [0.25, 0.3) is 0 Å². The average molecular weight is 394 g/mol. The second-order valence-corrected chi connectivity index (χ2v) is 6.79. The van der Waals surface area contributed by atoms with Gasteiger partial charge in [0.2, 0.25) is 5.95 Å². The fraction of sp³-hybridized carbons (Fsp3) is 0.333. The van der Waals surface area contributed by atoms with Gasteiger partial charge in [-0.15, -0.1) is 0 Å². The Morgan fingerprint density at radius 1 is 1.07 bits per heavy atom. The smallest absolute Gasteiger partial charge is 0.274 e. The summed E-state index contributed by atoms with van der Waals surface area (Å²) in [7, 11) is 0. The first-order chi connectivity index (χ1) is 13.9. The molecule has 29 heavy (non-hydrogen) atoms. The van der Waals surface area contributed by atoms with Gasteiger partial charge in [-0.05, 0) is 64.4 Å². The largest absolute Gasteiger partial charge is 0.372 e. The minimum Gasteiger partial charge on any atom is -0.372 e. The monoisotopic (exact) mass is 394 g/mol. The van der Waals surface area contributed by atoms with Crippen molar-refractivity contribution in [1.82, 2.24) is 15.1 Å². The van der Waals surface area contributed by atoms with Crippen molar-refractivity contribution < 1.29 is 9.32 Å². The molecule has 152 valence electrons. The van der Waals surface area contributed by atoms with Crippen molar-refractivity contribution in [1.29, 1.82) is 0 Å². The Hall–Kier alpha value is -3.42. The highest BCUT2D eigenvalue weighted by molar-refractivity contribution is 6.03. The van der Waals surface area contributed by atoms with Crippen molar-refractivity contribution >= 4 is 29.0 Å². The van der Waals surface area contributed by atoms with Crippen LogP contribution in [-0.4, -0.2) is 34.1 Å². The van der Waals surface area contributed by atoms with Crippen molar-refractivity contribution in [2.24, 2.45) is 0 Å². The Kier molecular flexibility index (Phi) is 6.11. The molecule has 8 nitrogen and oxygen atoms in total. The Morgan fingerprint density at radius 3 is 2.45 bits per heavy atom. The SMILES string of the molecule is CCN(CC)c1ccc(NC(=O)c2cc(C)nc(Nc3cc(C)on3)n2)c(C)c1. The standard InChI is InChI=1S/C21H26N6O2/c1-6-27(7-2)16-8-9-17(13(3)10-16)23-20(28)18-11-14(4)22-21(24-18)25-19-12-15(5)29-26-19/h8-12H,6-7H2,1-5H3,(H,23,28)(H,22,24,25,26). The summed E-state index contributed by atoms with van der Waals surface area (Å²) in [6.45, 7) is 11.7. The van der Waals surface area contributed by atoms with Crippen LogP contribution >= 0.6 is 0 Å². The first-order valence-corrected chi connectivity index (χ1v) is 9.62. The van der Waals surface area contributed by atoms with E-state index in [1.54, 1.807) is 19.1 Å². The lowest BCUT2D eigenvalue weighted by atomic mass is 10.1. The van der Waals surface area contributed by atoms with Crippen molar-refractivity contribution in [3.05, 3.63) is 53.0 Å². The van der Waals surface area contributed by atoms with E-state index in [1.807, 2.05) is 26.0 Å². The molecule has 1 amide bonds. The highest BCUT2D eigenvalue weighted by atomic mass is 16.5. The zero-order chi connectivity index (χ0) is 21.0. The Labute approximate surface area is 170 Å². The highest BCUT2D eigenvalue weighted by Crippen LogP contribution is 2.23. The second kappa shape index (κ2) is 8.72. The molecular formula is C21H26N6O2. The molecule has 0 unspecified atom stereocenters. The normalized spacial score (nSPS) is 10.7. The third-order valence-electron chi connectivity index (χ3n) is 4.54. The van der Waals surface area contributed by atoms with Gasteiger partial charge >= 0.3 is 0 Å². The van der Waals surface area contributed by atoms with E-state index in [1.165, 1.54) is 0 Å². The highest BCUT2D eigenvalue weighted by Gasteiger charge is 2.14. The molecule has 3 rings (SSSR count). The zero-order valence-electron chi connectivity index (χ0n) is 17.4. The third kappa shape index (κ3) is 4.90. The Morgan fingerprint density at radius 2 is 1.83 bits per heavy atom. The summed E-state index contributed by atoms with van der Waals surface area (Å²) in [6, 6.07) is 9.39. The van der Waals surface area contributed by atoms with Crippen molar-refractivity contribution in [3.8, 4) is 0 Å². The van der Waals surface area contributed by atoms with Gasteiger partial charge in [-0.25, -0.2) is 9.97 Å². The maximum atomic E-state index is 12.8. The predicted molar refractivity (Wildman–Crippen MR) is 114 cm³/mol. The van der Waals surface area contributed by atoms with Crippen LogP contribution in [0.2, 0.25) is 0 Å². The summed E-state index contributed by atoms with van der Waals surface area (Å²) in [5.74, 6) is 1.15. The lowest BCUT2D eigenvalue weighted by Gasteiger charge is -2.22. The van der Waals surface area contributed by atoms with Crippen LogP contribution in [0.5, 0.6) is 0 Å². The number of carbonyl (C=O) groups is 1. The quantitative estimate of drug-likeness (QED) is 0.619.